The Balaban J connectivity index is 1.57. The molecule has 0 aromatic heterocycles. The first-order valence-electron chi connectivity index (χ1n) is 12.1. The number of ether oxygens (including phenoxy) is 1. The van der Waals surface area contributed by atoms with Gasteiger partial charge in [-0.05, 0) is 55.2 Å². The topological polar surface area (TPSA) is 99.8 Å². The van der Waals surface area contributed by atoms with Crippen molar-refractivity contribution in [3.8, 4) is 0 Å². The minimum Gasteiger partial charge on any atom is -0.376 e. The Labute approximate surface area is 202 Å². The monoisotopic (exact) mass is 486 g/mol. The summed E-state index contributed by atoms with van der Waals surface area (Å²) in [6.45, 7) is 6.40. The second-order valence-electron chi connectivity index (χ2n) is 8.81. The molecule has 184 valence electrons. The fourth-order valence-electron chi connectivity index (χ4n) is 4.38. The first-order valence-corrected chi connectivity index (χ1v) is 13.6. The van der Waals surface area contributed by atoms with E-state index in [-0.39, 0.29) is 16.9 Å². The molecule has 2 saturated heterocycles. The Morgan fingerprint density at radius 1 is 1.15 bits per heavy atom. The molecule has 8 nitrogen and oxygen atoms in total. The van der Waals surface area contributed by atoms with Gasteiger partial charge in [-0.2, -0.15) is 0 Å². The third-order valence-corrected chi connectivity index (χ3v) is 7.63. The Morgan fingerprint density at radius 3 is 2.59 bits per heavy atom. The molecule has 0 spiro atoms. The Bertz CT molecular complexity index is 1080. The van der Waals surface area contributed by atoms with E-state index in [0.717, 1.165) is 69.7 Å². The predicted molar refractivity (Wildman–Crippen MR) is 134 cm³/mol. The van der Waals surface area contributed by atoms with E-state index in [1.54, 1.807) is 24.3 Å². The van der Waals surface area contributed by atoms with Crippen LogP contribution in [0, 0.1) is 0 Å². The van der Waals surface area contributed by atoms with Gasteiger partial charge in [0.25, 0.3) is 15.9 Å². The summed E-state index contributed by atoms with van der Waals surface area (Å²) in [6, 6.07) is 12.2. The molecule has 34 heavy (non-hydrogen) atoms. The van der Waals surface area contributed by atoms with E-state index < -0.39 is 10.0 Å². The van der Waals surface area contributed by atoms with Crippen LogP contribution in [0.3, 0.4) is 0 Å². The minimum absolute atomic E-state index is 0.0396. The molecule has 2 aromatic carbocycles. The number of rotatable bonds is 9. The highest BCUT2D eigenvalue weighted by atomic mass is 32.2. The normalized spacial score (nSPS) is 18.6. The molecule has 2 aromatic rings. The lowest BCUT2D eigenvalue weighted by molar-refractivity contribution is 0.0858. The van der Waals surface area contributed by atoms with Crippen LogP contribution in [0.5, 0.6) is 0 Å². The third kappa shape index (κ3) is 6.08. The number of carbonyl (C=O) groups excluding carboxylic acids is 1. The van der Waals surface area contributed by atoms with Crippen molar-refractivity contribution in [1.29, 1.82) is 0 Å². The maximum atomic E-state index is 13.2. The highest BCUT2D eigenvalue weighted by Crippen LogP contribution is 2.30. The molecule has 4 rings (SSSR count). The van der Waals surface area contributed by atoms with Crippen LogP contribution in [0.15, 0.2) is 47.4 Å². The van der Waals surface area contributed by atoms with Gasteiger partial charge in [0.15, 0.2) is 0 Å². The molecule has 9 heteroatoms. The van der Waals surface area contributed by atoms with Crippen molar-refractivity contribution in [3.63, 3.8) is 0 Å². The van der Waals surface area contributed by atoms with Gasteiger partial charge in [-0.3, -0.25) is 9.52 Å². The number of hydrogen-bond donors (Lipinski definition) is 3. The van der Waals surface area contributed by atoms with E-state index >= 15 is 0 Å². The van der Waals surface area contributed by atoms with Gasteiger partial charge in [0.05, 0.1) is 22.4 Å². The summed E-state index contributed by atoms with van der Waals surface area (Å²) in [5, 5.41) is 6.23. The zero-order valence-corrected chi connectivity index (χ0v) is 20.5. The fraction of sp³-hybridized carbons (Fsp3) is 0.480. The van der Waals surface area contributed by atoms with Crippen LogP contribution in [0.4, 0.5) is 11.4 Å². The lowest BCUT2D eigenvalue weighted by Crippen LogP contribution is -2.43. The van der Waals surface area contributed by atoms with E-state index in [1.165, 1.54) is 0 Å². The number of hydrogen-bond acceptors (Lipinski definition) is 6. The van der Waals surface area contributed by atoms with E-state index in [2.05, 4.69) is 27.2 Å². The number of nitrogens with zero attached hydrogens (tertiary/aromatic N) is 1. The van der Waals surface area contributed by atoms with Crippen molar-refractivity contribution in [2.45, 2.75) is 43.6 Å². The molecule has 2 aliphatic heterocycles. The molecule has 1 atom stereocenters. The van der Waals surface area contributed by atoms with Crippen molar-refractivity contribution >= 4 is 27.3 Å². The van der Waals surface area contributed by atoms with Crippen LogP contribution in [0.25, 0.3) is 0 Å². The standard InChI is InChI=1S/C25H34N4O4S/c1-2-4-19-6-9-22(10-7-19)34(31,32)28-23-17-20(25(30)27-18-21-5-3-16-33-21)8-11-24(23)29-14-12-26-13-15-29/h6-11,17,21,26,28H,2-5,12-16,18H2,1H3,(H,27,30)/t21-/m1/s1. The molecule has 3 N–H and O–H groups in total. The number of carbonyl (C=O) groups is 1. The third-order valence-electron chi connectivity index (χ3n) is 6.25. The maximum absolute atomic E-state index is 13.2. The fourth-order valence-corrected chi connectivity index (χ4v) is 5.45. The smallest absolute Gasteiger partial charge is 0.261 e. The average Bonchev–Trinajstić information content (AvgIpc) is 3.37. The molecular weight excluding hydrogens is 452 g/mol. The van der Waals surface area contributed by atoms with Crippen molar-refractivity contribution in [3.05, 3.63) is 53.6 Å². The van der Waals surface area contributed by atoms with Crippen LogP contribution >= 0.6 is 0 Å². The summed E-state index contributed by atoms with van der Waals surface area (Å²) in [6.07, 6.45) is 3.89. The minimum atomic E-state index is -3.82. The zero-order valence-electron chi connectivity index (χ0n) is 19.7. The number of nitrogens with one attached hydrogen (secondary N) is 3. The quantitative estimate of drug-likeness (QED) is 0.504. The van der Waals surface area contributed by atoms with E-state index in [0.29, 0.717) is 17.8 Å². The Morgan fingerprint density at radius 2 is 1.91 bits per heavy atom. The van der Waals surface area contributed by atoms with Crippen LogP contribution in [0.1, 0.15) is 42.1 Å². The van der Waals surface area contributed by atoms with E-state index in [9.17, 15) is 13.2 Å². The van der Waals surface area contributed by atoms with Gasteiger partial charge in [0, 0.05) is 44.9 Å². The van der Waals surface area contributed by atoms with Gasteiger partial charge in [-0.15, -0.1) is 0 Å². The number of benzene rings is 2. The van der Waals surface area contributed by atoms with Gasteiger partial charge < -0.3 is 20.3 Å². The lowest BCUT2D eigenvalue weighted by Gasteiger charge is -2.31. The zero-order chi connectivity index (χ0) is 24.0. The van der Waals surface area contributed by atoms with Crippen LogP contribution in [0.2, 0.25) is 0 Å². The maximum Gasteiger partial charge on any atom is 0.261 e. The van der Waals surface area contributed by atoms with E-state index in [1.807, 2.05) is 18.2 Å². The van der Waals surface area contributed by atoms with Gasteiger partial charge in [0.2, 0.25) is 0 Å². The summed E-state index contributed by atoms with van der Waals surface area (Å²) in [5.74, 6) is -0.244. The van der Waals surface area contributed by atoms with E-state index in [4.69, 9.17) is 4.74 Å². The SMILES string of the molecule is CCCc1ccc(S(=O)(=O)Nc2cc(C(=O)NC[C@H]3CCCO3)ccc2N2CCNCC2)cc1. The second kappa shape index (κ2) is 11.2. The Hall–Kier alpha value is -2.62. The van der Waals surface area contributed by atoms with Crippen LogP contribution in [-0.4, -0.2) is 59.8 Å². The van der Waals surface area contributed by atoms with Gasteiger partial charge in [-0.1, -0.05) is 25.5 Å². The molecule has 1 amide bonds. The van der Waals surface area contributed by atoms with Crippen molar-refractivity contribution in [2.24, 2.45) is 0 Å². The summed E-state index contributed by atoms with van der Waals surface area (Å²) < 4.78 is 34.8. The molecule has 2 aliphatic rings. The summed E-state index contributed by atoms with van der Waals surface area (Å²) in [5.41, 5.74) is 2.69. The van der Waals surface area contributed by atoms with Crippen LogP contribution in [-0.2, 0) is 21.2 Å². The van der Waals surface area contributed by atoms with Gasteiger partial charge in [0.1, 0.15) is 0 Å². The Kier molecular flexibility index (Phi) is 8.07. The average molecular weight is 487 g/mol. The van der Waals surface area contributed by atoms with Crippen molar-refractivity contribution in [1.82, 2.24) is 10.6 Å². The first-order chi connectivity index (χ1) is 16.5. The highest BCUT2D eigenvalue weighted by molar-refractivity contribution is 7.92. The van der Waals surface area contributed by atoms with Gasteiger partial charge in [-0.25, -0.2) is 8.42 Å². The molecule has 0 bridgehead atoms. The summed E-state index contributed by atoms with van der Waals surface area (Å²) >= 11 is 0. The lowest BCUT2D eigenvalue weighted by atomic mass is 10.1. The van der Waals surface area contributed by atoms with Crippen molar-refractivity contribution in [2.75, 3.05) is 49.0 Å². The first kappa shape index (κ1) is 24.5. The predicted octanol–water partition coefficient (Wildman–Crippen LogP) is 2.76. The van der Waals surface area contributed by atoms with Crippen LogP contribution < -0.4 is 20.3 Å². The number of aryl methyl sites for hydroxylation is 1. The molecule has 0 saturated carbocycles. The largest absolute Gasteiger partial charge is 0.376 e. The molecule has 2 heterocycles. The summed E-state index contributed by atoms with van der Waals surface area (Å²) in [4.78, 5) is 15.1. The second-order valence-corrected chi connectivity index (χ2v) is 10.5. The highest BCUT2D eigenvalue weighted by Gasteiger charge is 2.22. The molecule has 0 radical (unpaired) electrons. The van der Waals surface area contributed by atoms with Crippen molar-refractivity contribution < 1.29 is 17.9 Å². The number of amides is 1. The molecule has 0 unspecified atom stereocenters. The number of piperazine rings is 1. The molecule has 2 fully saturated rings. The molecule has 0 aliphatic carbocycles. The van der Waals surface area contributed by atoms with Gasteiger partial charge >= 0.3 is 0 Å². The summed E-state index contributed by atoms with van der Waals surface area (Å²) in [7, 11) is -3.82. The molecular formula is C25H34N4O4S. The number of anilines is 2. The number of sulfonamides is 1.